The molecule has 78 valence electrons. The van der Waals surface area contributed by atoms with Crippen LogP contribution in [-0.2, 0) is 6.54 Å². The summed E-state index contributed by atoms with van der Waals surface area (Å²) in [6.45, 7) is 5.25. The summed E-state index contributed by atoms with van der Waals surface area (Å²) in [5.41, 5.74) is 0.254. The van der Waals surface area contributed by atoms with Gasteiger partial charge >= 0.3 is 5.97 Å². The average Bonchev–Trinajstić information content (AvgIpc) is 2.46. The van der Waals surface area contributed by atoms with Gasteiger partial charge in [-0.25, -0.2) is 4.79 Å². The van der Waals surface area contributed by atoms with Gasteiger partial charge in [0.2, 0.25) is 0 Å². The van der Waals surface area contributed by atoms with E-state index in [1.54, 1.807) is 13.0 Å². The second-order valence-corrected chi connectivity index (χ2v) is 3.32. The first kappa shape index (κ1) is 10.8. The SMILES string of the molecule is CCN(C)Cc1cc(C(=O)O)c(C)o1. The molecule has 1 N–H and O–H groups in total. The lowest BCUT2D eigenvalue weighted by Gasteiger charge is -2.10. The van der Waals surface area contributed by atoms with Crippen LogP contribution in [-0.4, -0.2) is 29.6 Å². The van der Waals surface area contributed by atoms with Crippen molar-refractivity contribution >= 4 is 5.97 Å². The maximum atomic E-state index is 10.7. The minimum absolute atomic E-state index is 0.254. The Morgan fingerprint density at radius 1 is 1.64 bits per heavy atom. The molecule has 0 aliphatic rings. The number of aromatic carboxylic acids is 1. The Morgan fingerprint density at radius 2 is 2.29 bits per heavy atom. The zero-order chi connectivity index (χ0) is 10.7. The van der Waals surface area contributed by atoms with Gasteiger partial charge in [-0.3, -0.25) is 4.90 Å². The fourth-order valence-electron chi connectivity index (χ4n) is 1.21. The number of nitrogens with zero attached hydrogens (tertiary/aromatic N) is 1. The zero-order valence-corrected chi connectivity index (χ0v) is 8.70. The van der Waals surface area contributed by atoms with Crippen molar-refractivity contribution in [3.8, 4) is 0 Å². The van der Waals surface area contributed by atoms with Crippen LogP contribution >= 0.6 is 0 Å². The number of hydrogen-bond donors (Lipinski definition) is 1. The average molecular weight is 197 g/mol. The van der Waals surface area contributed by atoms with E-state index in [1.807, 2.05) is 18.9 Å². The summed E-state index contributed by atoms with van der Waals surface area (Å²) >= 11 is 0. The van der Waals surface area contributed by atoms with Crippen molar-refractivity contribution in [2.24, 2.45) is 0 Å². The first-order valence-corrected chi connectivity index (χ1v) is 4.55. The van der Waals surface area contributed by atoms with Crippen LogP contribution in [0.1, 0.15) is 28.8 Å². The van der Waals surface area contributed by atoms with Gasteiger partial charge in [0.15, 0.2) is 0 Å². The third-order valence-electron chi connectivity index (χ3n) is 2.16. The van der Waals surface area contributed by atoms with Gasteiger partial charge in [-0.15, -0.1) is 0 Å². The van der Waals surface area contributed by atoms with E-state index in [0.717, 1.165) is 6.54 Å². The summed E-state index contributed by atoms with van der Waals surface area (Å²) in [5, 5.41) is 8.80. The molecule has 0 unspecified atom stereocenters. The lowest BCUT2D eigenvalue weighted by Crippen LogP contribution is -2.16. The highest BCUT2D eigenvalue weighted by atomic mass is 16.4. The molecule has 0 atom stereocenters. The van der Waals surface area contributed by atoms with Gasteiger partial charge in [0.25, 0.3) is 0 Å². The van der Waals surface area contributed by atoms with Gasteiger partial charge in [-0.05, 0) is 26.6 Å². The van der Waals surface area contributed by atoms with Crippen LogP contribution in [0.25, 0.3) is 0 Å². The van der Waals surface area contributed by atoms with Gasteiger partial charge in [0.05, 0.1) is 6.54 Å². The van der Waals surface area contributed by atoms with Crippen molar-refractivity contribution in [1.82, 2.24) is 4.90 Å². The number of carboxylic acid groups (broad SMARTS) is 1. The lowest BCUT2D eigenvalue weighted by atomic mass is 10.2. The van der Waals surface area contributed by atoms with Crippen molar-refractivity contribution in [3.05, 3.63) is 23.2 Å². The molecule has 0 amide bonds. The van der Waals surface area contributed by atoms with Gasteiger partial charge < -0.3 is 9.52 Å². The van der Waals surface area contributed by atoms with E-state index < -0.39 is 5.97 Å². The summed E-state index contributed by atoms with van der Waals surface area (Å²) in [6, 6.07) is 1.59. The maximum Gasteiger partial charge on any atom is 0.339 e. The molecule has 0 spiro atoms. The molecule has 0 radical (unpaired) electrons. The van der Waals surface area contributed by atoms with Gasteiger partial charge in [-0.2, -0.15) is 0 Å². The largest absolute Gasteiger partial charge is 0.478 e. The molecule has 1 aromatic rings. The molecule has 0 aliphatic carbocycles. The number of furan rings is 1. The van der Waals surface area contributed by atoms with E-state index in [2.05, 4.69) is 0 Å². The van der Waals surface area contributed by atoms with Crippen molar-refractivity contribution in [2.75, 3.05) is 13.6 Å². The first-order chi connectivity index (χ1) is 6.54. The lowest BCUT2D eigenvalue weighted by molar-refractivity contribution is 0.0695. The summed E-state index contributed by atoms with van der Waals surface area (Å²) in [6.07, 6.45) is 0. The van der Waals surface area contributed by atoms with Gasteiger partial charge in [0, 0.05) is 0 Å². The van der Waals surface area contributed by atoms with Gasteiger partial charge in [-0.1, -0.05) is 6.92 Å². The third-order valence-corrected chi connectivity index (χ3v) is 2.16. The highest BCUT2D eigenvalue weighted by molar-refractivity contribution is 5.88. The van der Waals surface area contributed by atoms with E-state index in [1.165, 1.54) is 0 Å². The predicted octanol–water partition coefficient (Wildman–Crippen LogP) is 1.74. The van der Waals surface area contributed by atoms with Crippen LogP contribution in [0.3, 0.4) is 0 Å². The van der Waals surface area contributed by atoms with E-state index >= 15 is 0 Å². The Balaban J connectivity index is 2.81. The highest BCUT2D eigenvalue weighted by Gasteiger charge is 2.13. The number of carbonyl (C=O) groups is 1. The summed E-state index contributed by atoms with van der Waals surface area (Å²) in [7, 11) is 1.96. The van der Waals surface area contributed by atoms with Crippen LogP contribution in [0.4, 0.5) is 0 Å². The summed E-state index contributed by atoms with van der Waals surface area (Å²) < 4.78 is 5.33. The molecular formula is C10H15NO3. The second-order valence-electron chi connectivity index (χ2n) is 3.32. The van der Waals surface area contributed by atoms with Crippen LogP contribution < -0.4 is 0 Å². The molecule has 0 aliphatic heterocycles. The second kappa shape index (κ2) is 4.28. The Morgan fingerprint density at radius 3 is 2.71 bits per heavy atom. The fraction of sp³-hybridized carbons (Fsp3) is 0.500. The van der Waals surface area contributed by atoms with Crippen molar-refractivity contribution in [2.45, 2.75) is 20.4 Å². The quantitative estimate of drug-likeness (QED) is 0.798. The van der Waals surface area contributed by atoms with Crippen LogP contribution in [0.5, 0.6) is 0 Å². The molecular weight excluding hydrogens is 182 g/mol. The monoisotopic (exact) mass is 197 g/mol. The molecule has 4 nitrogen and oxygen atoms in total. The molecule has 14 heavy (non-hydrogen) atoms. The minimum atomic E-state index is -0.934. The van der Waals surface area contributed by atoms with Crippen LogP contribution in [0.2, 0.25) is 0 Å². The highest BCUT2D eigenvalue weighted by Crippen LogP contribution is 2.15. The maximum absolute atomic E-state index is 10.7. The zero-order valence-electron chi connectivity index (χ0n) is 8.70. The molecule has 4 heteroatoms. The molecule has 0 saturated carbocycles. The smallest absolute Gasteiger partial charge is 0.339 e. The third kappa shape index (κ3) is 2.35. The molecule has 0 fully saturated rings. The van der Waals surface area contributed by atoms with Crippen molar-refractivity contribution in [3.63, 3.8) is 0 Å². The van der Waals surface area contributed by atoms with Crippen molar-refractivity contribution in [1.29, 1.82) is 0 Å². The molecule has 1 aromatic heterocycles. The van der Waals surface area contributed by atoms with E-state index in [0.29, 0.717) is 18.1 Å². The Bertz CT molecular complexity index is 330. The summed E-state index contributed by atoms with van der Waals surface area (Å²) in [5.74, 6) is 0.234. The fourth-order valence-corrected chi connectivity index (χ4v) is 1.21. The normalized spacial score (nSPS) is 10.9. The van der Waals surface area contributed by atoms with E-state index in [9.17, 15) is 4.79 Å². The standard InChI is InChI=1S/C10H15NO3/c1-4-11(3)6-8-5-9(10(12)13)7(2)14-8/h5H,4,6H2,1-3H3,(H,12,13). The number of aryl methyl sites for hydroxylation is 1. The topological polar surface area (TPSA) is 53.7 Å². The number of carboxylic acids is 1. The van der Waals surface area contributed by atoms with Crippen molar-refractivity contribution < 1.29 is 14.3 Å². The van der Waals surface area contributed by atoms with Gasteiger partial charge in [0.1, 0.15) is 17.1 Å². The molecule has 1 heterocycles. The molecule has 0 bridgehead atoms. The van der Waals surface area contributed by atoms with E-state index in [-0.39, 0.29) is 5.56 Å². The van der Waals surface area contributed by atoms with Crippen LogP contribution in [0, 0.1) is 6.92 Å². The molecule has 1 rings (SSSR count). The Labute approximate surface area is 83.1 Å². The first-order valence-electron chi connectivity index (χ1n) is 4.55. The Kier molecular flexibility index (Phi) is 3.30. The number of hydrogen-bond acceptors (Lipinski definition) is 3. The minimum Gasteiger partial charge on any atom is -0.478 e. The predicted molar refractivity (Wildman–Crippen MR) is 52.4 cm³/mol. The summed E-state index contributed by atoms with van der Waals surface area (Å²) in [4.78, 5) is 12.8. The molecule has 0 saturated heterocycles. The Hall–Kier alpha value is -1.29. The van der Waals surface area contributed by atoms with E-state index in [4.69, 9.17) is 9.52 Å². The van der Waals surface area contributed by atoms with Crippen LogP contribution in [0.15, 0.2) is 10.5 Å². The molecule has 0 aromatic carbocycles. The number of rotatable bonds is 4.